The maximum Gasteiger partial charge on any atom is 0.264 e. The number of benzene rings is 3. The number of carbonyl (C=O) groups is 1. The van der Waals surface area contributed by atoms with Gasteiger partial charge in [-0.1, -0.05) is 42.0 Å². The second kappa shape index (κ2) is 11.3. The number of sulfonamides is 1. The zero-order chi connectivity index (χ0) is 28.3. The molecule has 0 unspecified atom stereocenters. The number of nitrogens with one attached hydrogen (secondary N) is 1. The van der Waals surface area contributed by atoms with Crippen molar-refractivity contribution in [3.63, 3.8) is 0 Å². The topological polar surface area (TPSA) is 83.8 Å². The number of rotatable bonds is 8. The van der Waals surface area contributed by atoms with Crippen molar-refractivity contribution in [2.24, 2.45) is 5.10 Å². The Morgan fingerprint density at radius 3 is 2.28 bits per heavy atom. The number of carbonyl (C=O) groups excluding carboxylic acids is 1. The number of aryl methyl sites for hydroxylation is 4. The van der Waals surface area contributed by atoms with Crippen molar-refractivity contribution in [2.75, 3.05) is 10.8 Å². The quantitative estimate of drug-likeness (QED) is 0.230. The van der Waals surface area contributed by atoms with E-state index in [1.54, 1.807) is 42.6 Å². The third-order valence-electron chi connectivity index (χ3n) is 6.86. The van der Waals surface area contributed by atoms with Crippen LogP contribution in [0.4, 0.5) is 5.69 Å². The van der Waals surface area contributed by atoms with Crippen LogP contribution in [-0.4, -0.2) is 31.7 Å². The maximum atomic E-state index is 13.7. The van der Waals surface area contributed by atoms with Gasteiger partial charge in [-0.05, 0) is 94.6 Å². The smallest absolute Gasteiger partial charge is 0.264 e. The maximum absolute atomic E-state index is 13.7. The molecule has 0 aliphatic carbocycles. The fourth-order valence-corrected chi connectivity index (χ4v) is 6.04. The van der Waals surface area contributed by atoms with Crippen LogP contribution in [0.15, 0.2) is 82.8 Å². The van der Waals surface area contributed by atoms with Gasteiger partial charge in [0.15, 0.2) is 0 Å². The van der Waals surface area contributed by atoms with Crippen molar-refractivity contribution in [2.45, 2.75) is 46.4 Å². The highest BCUT2D eigenvalue weighted by atomic mass is 32.2. The van der Waals surface area contributed by atoms with Gasteiger partial charge < -0.3 is 4.57 Å². The number of nitrogens with zero attached hydrogens (tertiary/aromatic N) is 3. The Morgan fingerprint density at radius 1 is 0.897 bits per heavy atom. The van der Waals surface area contributed by atoms with E-state index in [0.717, 1.165) is 49.2 Å². The minimum Gasteiger partial charge on any atom is -0.318 e. The van der Waals surface area contributed by atoms with Gasteiger partial charge in [-0.15, -0.1) is 0 Å². The molecule has 202 valence electrons. The van der Waals surface area contributed by atoms with E-state index >= 15 is 0 Å². The first-order valence-electron chi connectivity index (χ1n) is 12.7. The van der Waals surface area contributed by atoms with Crippen LogP contribution < -0.4 is 9.73 Å². The summed E-state index contributed by atoms with van der Waals surface area (Å²) in [5.74, 6) is -0.546. The lowest BCUT2D eigenvalue weighted by atomic mass is 10.1. The molecule has 0 fully saturated rings. The molecule has 8 heteroatoms. The Hall–Kier alpha value is -4.17. The van der Waals surface area contributed by atoms with Crippen molar-refractivity contribution in [3.05, 3.63) is 112 Å². The lowest BCUT2D eigenvalue weighted by molar-refractivity contribution is -0.119. The van der Waals surface area contributed by atoms with Crippen molar-refractivity contribution in [1.29, 1.82) is 0 Å². The van der Waals surface area contributed by atoms with E-state index in [0.29, 0.717) is 5.69 Å². The molecule has 0 aliphatic heterocycles. The molecule has 1 amide bonds. The lowest BCUT2D eigenvalue weighted by Gasteiger charge is -2.26. The number of amides is 1. The average Bonchev–Trinajstić information content (AvgIpc) is 3.17. The van der Waals surface area contributed by atoms with E-state index in [2.05, 4.69) is 34.2 Å². The van der Waals surface area contributed by atoms with Crippen LogP contribution in [0.1, 0.15) is 39.2 Å². The first kappa shape index (κ1) is 27.9. The van der Waals surface area contributed by atoms with E-state index in [9.17, 15) is 13.2 Å². The third-order valence-corrected chi connectivity index (χ3v) is 8.64. The molecule has 0 saturated heterocycles. The summed E-state index contributed by atoms with van der Waals surface area (Å²) in [6.45, 7) is 11.3. The van der Waals surface area contributed by atoms with E-state index in [1.165, 1.54) is 0 Å². The van der Waals surface area contributed by atoms with Crippen LogP contribution in [0.5, 0.6) is 0 Å². The van der Waals surface area contributed by atoms with Gasteiger partial charge in [-0.3, -0.25) is 9.10 Å². The summed E-state index contributed by atoms with van der Waals surface area (Å²) in [5.41, 5.74) is 10.7. The second-order valence-corrected chi connectivity index (χ2v) is 11.7. The molecule has 1 heterocycles. The Bertz CT molecular complexity index is 1650. The minimum absolute atomic E-state index is 0.119. The van der Waals surface area contributed by atoms with Gasteiger partial charge in [0, 0.05) is 22.6 Å². The molecule has 3 aromatic carbocycles. The van der Waals surface area contributed by atoms with Gasteiger partial charge in [0.1, 0.15) is 6.54 Å². The van der Waals surface area contributed by atoms with E-state index < -0.39 is 22.5 Å². The summed E-state index contributed by atoms with van der Waals surface area (Å²) >= 11 is 0. The van der Waals surface area contributed by atoms with Crippen LogP contribution in [-0.2, 0) is 14.8 Å². The molecule has 0 radical (unpaired) electrons. The highest BCUT2D eigenvalue weighted by molar-refractivity contribution is 7.92. The van der Waals surface area contributed by atoms with E-state index in [1.807, 2.05) is 58.9 Å². The first-order valence-corrected chi connectivity index (χ1v) is 14.2. The van der Waals surface area contributed by atoms with Gasteiger partial charge in [0.2, 0.25) is 0 Å². The number of anilines is 1. The van der Waals surface area contributed by atoms with Crippen LogP contribution in [0, 0.1) is 41.5 Å². The van der Waals surface area contributed by atoms with Crippen LogP contribution in [0.3, 0.4) is 0 Å². The summed E-state index contributed by atoms with van der Waals surface area (Å²) in [4.78, 5) is 13.1. The van der Waals surface area contributed by atoms with Gasteiger partial charge in [-0.2, -0.15) is 5.10 Å². The Labute approximate surface area is 230 Å². The molecule has 0 aliphatic rings. The molecular weight excluding hydrogens is 508 g/mol. The molecule has 4 aromatic rings. The van der Waals surface area contributed by atoms with Crippen molar-refractivity contribution in [3.8, 4) is 5.69 Å². The molecule has 0 saturated carbocycles. The zero-order valence-corrected chi connectivity index (χ0v) is 24.0. The Balaban J connectivity index is 1.59. The van der Waals surface area contributed by atoms with Gasteiger partial charge in [-0.25, -0.2) is 13.8 Å². The van der Waals surface area contributed by atoms with E-state index in [-0.39, 0.29) is 4.90 Å². The number of hydrazone groups is 1. The molecular formula is C31H34N4O3S. The highest BCUT2D eigenvalue weighted by Crippen LogP contribution is 2.28. The highest BCUT2D eigenvalue weighted by Gasteiger charge is 2.28. The summed E-state index contributed by atoms with van der Waals surface area (Å²) in [7, 11) is -4.01. The molecule has 4 rings (SSSR count). The standard InChI is InChI=1S/C31H34N4O3S/c1-21-13-15-29(16-14-21)39(37,38)34(30-12-8-10-23(3)25(30)5)20-31(36)33-32-19-27-18-24(4)35(26(27)6)28-11-7-9-22(2)17-28/h7-19H,20H2,1-6H3,(H,33,36)/b32-19-. The number of aromatic nitrogens is 1. The van der Waals surface area contributed by atoms with Crippen molar-refractivity contribution >= 4 is 27.8 Å². The van der Waals surface area contributed by atoms with Gasteiger partial charge >= 0.3 is 0 Å². The normalized spacial score (nSPS) is 11.6. The summed E-state index contributed by atoms with van der Waals surface area (Å²) < 4.78 is 30.7. The van der Waals surface area contributed by atoms with Gasteiger partial charge in [0.25, 0.3) is 15.9 Å². The molecule has 1 N–H and O–H groups in total. The minimum atomic E-state index is -4.01. The first-order chi connectivity index (χ1) is 18.5. The average molecular weight is 543 g/mol. The van der Waals surface area contributed by atoms with Crippen LogP contribution >= 0.6 is 0 Å². The Kier molecular flexibility index (Phi) is 8.06. The fraction of sp³-hybridized carbons (Fsp3) is 0.226. The second-order valence-electron chi connectivity index (χ2n) is 9.84. The molecule has 39 heavy (non-hydrogen) atoms. The third kappa shape index (κ3) is 5.96. The van der Waals surface area contributed by atoms with Crippen molar-refractivity contribution in [1.82, 2.24) is 9.99 Å². The van der Waals surface area contributed by atoms with Crippen LogP contribution in [0.25, 0.3) is 5.69 Å². The Morgan fingerprint density at radius 2 is 1.59 bits per heavy atom. The monoisotopic (exact) mass is 542 g/mol. The zero-order valence-electron chi connectivity index (χ0n) is 23.2. The fourth-order valence-electron chi connectivity index (χ4n) is 4.57. The largest absolute Gasteiger partial charge is 0.318 e. The lowest BCUT2D eigenvalue weighted by Crippen LogP contribution is -2.40. The van der Waals surface area contributed by atoms with E-state index in [4.69, 9.17) is 0 Å². The number of hydrogen-bond donors (Lipinski definition) is 1. The predicted molar refractivity (Wildman–Crippen MR) is 157 cm³/mol. The summed E-state index contributed by atoms with van der Waals surface area (Å²) in [6, 6.07) is 22.2. The summed E-state index contributed by atoms with van der Waals surface area (Å²) in [5, 5.41) is 4.16. The summed E-state index contributed by atoms with van der Waals surface area (Å²) in [6.07, 6.45) is 1.59. The van der Waals surface area contributed by atoms with Crippen molar-refractivity contribution < 1.29 is 13.2 Å². The van der Waals surface area contributed by atoms with Crippen LogP contribution in [0.2, 0.25) is 0 Å². The molecule has 1 aromatic heterocycles. The van der Waals surface area contributed by atoms with Gasteiger partial charge in [0.05, 0.1) is 16.8 Å². The molecule has 0 spiro atoms. The number of hydrogen-bond acceptors (Lipinski definition) is 4. The SMILES string of the molecule is Cc1ccc(S(=O)(=O)N(CC(=O)N/N=C\c2cc(C)n(-c3cccc(C)c3)c2C)c2cccc(C)c2C)cc1. The molecule has 7 nitrogen and oxygen atoms in total. The molecule has 0 atom stereocenters. The predicted octanol–water partition coefficient (Wildman–Crippen LogP) is 5.67. The molecule has 0 bridgehead atoms.